The predicted octanol–water partition coefficient (Wildman–Crippen LogP) is 2.94. The minimum Gasteiger partial charge on any atom is -0.496 e. The lowest BCUT2D eigenvalue weighted by molar-refractivity contribution is 0.0944. The standard InChI is InChI=1S/C22H33N5O2/c1-16(2)14-23-22(28)20-15-27(25-24-20)19-9-11-26(12-10-19)17(3)13-18-7-5-6-8-21(18)29-4/h5-8,15-17,19H,9-14H2,1-4H3,(H,23,28). The Labute approximate surface area is 173 Å². The largest absolute Gasteiger partial charge is 0.496 e. The van der Waals surface area contributed by atoms with Crippen LogP contribution >= 0.6 is 0 Å². The Morgan fingerprint density at radius 2 is 1.97 bits per heavy atom. The number of para-hydroxylation sites is 1. The second-order valence-electron chi connectivity index (χ2n) is 8.32. The summed E-state index contributed by atoms with van der Waals surface area (Å²) in [5, 5.41) is 11.2. The van der Waals surface area contributed by atoms with E-state index in [1.54, 1.807) is 13.3 Å². The molecule has 0 aliphatic carbocycles. The molecule has 7 heteroatoms. The Bertz CT molecular complexity index is 796. The molecule has 29 heavy (non-hydrogen) atoms. The molecule has 158 valence electrons. The van der Waals surface area contributed by atoms with Gasteiger partial charge in [-0.3, -0.25) is 4.79 Å². The number of methoxy groups -OCH3 is 1. The molecule has 1 saturated heterocycles. The van der Waals surface area contributed by atoms with Gasteiger partial charge in [-0.15, -0.1) is 5.10 Å². The number of carbonyl (C=O) groups excluding carboxylic acids is 1. The molecule has 1 amide bonds. The number of hydrogen-bond donors (Lipinski definition) is 1. The fourth-order valence-electron chi connectivity index (χ4n) is 3.86. The number of nitrogens with one attached hydrogen (secondary N) is 1. The Morgan fingerprint density at radius 1 is 1.24 bits per heavy atom. The number of aromatic nitrogens is 3. The van der Waals surface area contributed by atoms with Crippen LogP contribution in [0.25, 0.3) is 0 Å². The molecule has 7 nitrogen and oxygen atoms in total. The topological polar surface area (TPSA) is 72.3 Å². The number of ether oxygens (including phenoxy) is 1. The fraction of sp³-hybridized carbons (Fsp3) is 0.591. The van der Waals surface area contributed by atoms with E-state index in [9.17, 15) is 4.79 Å². The lowest BCUT2D eigenvalue weighted by atomic mass is 10.00. The third kappa shape index (κ3) is 5.56. The molecule has 2 heterocycles. The van der Waals surface area contributed by atoms with Gasteiger partial charge in [0.15, 0.2) is 5.69 Å². The molecule has 1 aromatic heterocycles. The maximum atomic E-state index is 12.2. The van der Waals surface area contributed by atoms with Crippen molar-refractivity contribution in [3.63, 3.8) is 0 Å². The molecular weight excluding hydrogens is 366 g/mol. The molecule has 1 aromatic carbocycles. The van der Waals surface area contributed by atoms with E-state index < -0.39 is 0 Å². The third-order valence-corrected chi connectivity index (χ3v) is 5.62. The second-order valence-corrected chi connectivity index (χ2v) is 8.32. The smallest absolute Gasteiger partial charge is 0.273 e. The molecular formula is C22H33N5O2. The van der Waals surface area contributed by atoms with Crippen LogP contribution in [-0.4, -0.2) is 58.6 Å². The number of nitrogens with zero attached hydrogens (tertiary/aromatic N) is 4. The van der Waals surface area contributed by atoms with E-state index >= 15 is 0 Å². The summed E-state index contributed by atoms with van der Waals surface area (Å²) in [7, 11) is 1.73. The molecule has 0 saturated carbocycles. The second kappa shape index (κ2) is 9.87. The zero-order valence-corrected chi connectivity index (χ0v) is 18.0. The van der Waals surface area contributed by atoms with E-state index in [-0.39, 0.29) is 5.91 Å². The van der Waals surface area contributed by atoms with Gasteiger partial charge >= 0.3 is 0 Å². The van der Waals surface area contributed by atoms with Crippen molar-refractivity contribution in [3.05, 3.63) is 41.7 Å². The molecule has 3 rings (SSSR count). The maximum Gasteiger partial charge on any atom is 0.273 e. The van der Waals surface area contributed by atoms with E-state index in [0.717, 1.165) is 38.1 Å². The van der Waals surface area contributed by atoms with E-state index in [1.165, 1.54) is 5.56 Å². The van der Waals surface area contributed by atoms with Gasteiger partial charge in [-0.05, 0) is 43.7 Å². The van der Waals surface area contributed by atoms with Gasteiger partial charge in [0.2, 0.25) is 0 Å². The Kier molecular flexibility index (Phi) is 7.25. The highest BCUT2D eigenvalue weighted by molar-refractivity contribution is 5.91. The van der Waals surface area contributed by atoms with Gasteiger partial charge in [-0.2, -0.15) is 0 Å². The van der Waals surface area contributed by atoms with E-state index in [4.69, 9.17) is 4.74 Å². The summed E-state index contributed by atoms with van der Waals surface area (Å²) in [4.78, 5) is 14.7. The number of carbonyl (C=O) groups is 1. The number of likely N-dealkylation sites (tertiary alicyclic amines) is 1. The van der Waals surface area contributed by atoms with Crippen LogP contribution < -0.4 is 10.1 Å². The Hall–Kier alpha value is -2.41. The summed E-state index contributed by atoms with van der Waals surface area (Å²) >= 11 is 0. The number of piperidine rings is 1. The highest BCUT2D eigenvalue weighted by Crippen LogP contribution is 2.26. The zero-order valence-electron chi connectivity index (χ0n) is 18.0. The van der Waals surface area contributed by atoms with Crippen LogP contribution in [0.3, 0.4) is 0 Å². The van der Waals surface area contributed by atoms with Crippen LogP contribution in [-0.2, 0) is 6.42 Å². The molecule has 1 aliphatic heterocycles. The number of hydrogen-bond acceptors (Lipinski definition) is 5. The van der Waals surface area contributed by atoms with Crippen molar-refractivity contribution in [2.45, 2.75) is 52.1 Å². The Morgan fingerprint density at radius 3 is 2.66 bits per heavy atom. The van der Waals surface area contributed by atoms with Crippen LogP contribution in [0.15, 0.2) is 30.5 Å². The van der Waals surface area contributed by atoms with Gasteiger partial charge in [0.1, 0.15) is 5.75 Å². The molecule has 1 atom stereocenters. The van der Waals surface area contributed by atoms with Crippen molar-refractivity contribution in [1.29, 1.82) is 0 Å². The van der Waals surface area contributed by atoms with E-state index in [2.05, 4.69) is 53.4 Å². The molecule has 1 unspecified atom stereocenters. The number of amides is 1. The third-order valence-electron chi connectivity index (χ3n) is 5.62. The summed E-state index contributed by atoms with van der Waals surface area (Å²) < 4.78 is 7.36. The molecule has 1 aliphatic rings. The van der Waals surface area contributed by atoms with E-state index in [0.29, 0.717) is 30.2 Å². The summed E-state index contributed by atoms with van der Waals surface area (Å²) in [5.74, 6) is 1.23. The monoisotopic (exact) mass is 399 g/mol. The summed E-state index contributed by atoms with van der Waals surface area (Å²) in [6.07, 6.45) is 4.77. The molecule has 0 radical (unpaired) electrons. The normalized spacial score (nSPS) is 16.7. The van der Waals surface area contributed by atoms with Gasteiger partial charge in [-0.25, -0.2) is 4.68 Å². The van der Waals surface area contributed by atoms with Gasteiger partial charge in [0.05, 0.1) is 19.3 Å². The van der Waals surface area contributed by atoms with Crippen LogP contribution in [0.4, 0.5) is 0 Å². The van der Waals surface area contributed by atoms with Gasteiger partial charge in [0.25, 0.3) is 5.91 Å². The van der Waals surface area contributed by atoms with Crippen LogP contribution in [0.2, 0.25) is 0 Å². The van der Waals surface area contributed by atoms with Crippen LogP contribution in [0, 0.1) is 5.92 Å². The molecule has 0 spiro atoms. The first-order chi connectivity index (χ1) is 14.0. The quantitative estimate of drug-likeness (QED) is 0.739. The first kappa shape index (κ1) is 21.3. The van der Waals surface area contributed by atoms with Crippen molar-refractivity contribution in [1.82, 2.24) is 25.2 Å². The van der Waals surface area contributed by atoms with Crippen molar-refractivity contribution < 1.29 is 9.53 Å². The molecule has 1 N–H and O–H groups in total. The van der Waals surface area contributed by atoms with Crippen molar-refractivity contribution in [3.8, 4) is 5.75 Å². The van der Waals surface area contributed by atoms with Crippen molar-refractivity contribution in [2.24, 2.45) is 5.92 Å². The average Bonchev–Trinajstić information content (AvgIpc) is 3.23. The van der Waals surface area contributed by atoms with Crippen molar-refractivity contribution >= 4 is 5.91 Å². The van der Waals surface area contributed by atoms with Crippen molar-refractivity contribution in [2.75, 3.05) is 26.7 Å². The van der Waals surface area contributed by atoms with Gasteiger partial charge in [-0.1, -0.05) is 37.3 Å². The Balaban J connectivity index is 1.52. The lowest BCUT2D eigenvalue weighted by Gasteiger charge is -2.36. The maximum absolute atomic E-state index is 12.2. The highest BCUT2D eigenvalue weighted by Gasteiger charge is 2.25. The first-order valence-corrected chi connectivity index (χ1v) is 10.5. The minimum atomic E-state index is -0.146. The minimum absolute atomic E-state index is 0.146. The fourth-order valence-corrected chi connectivity index (χ4v) is 3.86. The zero-order chi connectivity index (χ0) is 20.8. The summed E-state index contributed by atoms with van der Waals surface area (Å²) in [6.45, 7) is 9.08. The highest BCUT2D eigenvalue weighted by atomic mass is 16.5. The predicted molar refractivity (Wildman–Crippen MR) is 113 cm³/mol. The molecule has 1 fully saturated rings. The van der Waals surface area contributed by atoms with E-state index in [1.807, 2.05) is 16.8 Å². The molecule has 2 aromatic rings. The SMILES string of the molecule is COc1ccccc1CC(C)N1CCC(n2cc(C(=O)NCC(C)C)nn2)CC1. The number of rotatable bonds is 8. The van der Waals surface area contributed by atoms with Gasteiger partial charge in [0, 0.05) is 25.7 Å². The lowest BCUT2D eigenvalue weighted by Crippen LogP contribution is -2.41. The average molecular weight is 400 g/mol. The van der Waals surface area contributed by atoms with Crippen LogP contribution in [0.5, 0.6) is 5.75 Å². The summed E-state index contributed by atoms with van der Waals surface area (Å²) in [6, 6.07) is 8.98. The number of benzene rings is 1. The summed E-state index contributed by atoms with van der Waals surface area (Å²) in [5.41, 5.74) is 1.65. The van der Waals surface area contributed by atoms with Crippen LogP contribution in [0.1, 0.15) is 55.7 Å². The van der Waals surface area contributed by atoms with Gasteiger partial charge < -0.3 is 15.0 Å². The first-order valence-electron chi connectivity index (χ1n) is 10.5. The molecule has 0 bridgehead atoms.